The average molecular weight is 261 g/mol. The normalized spacial score (nSPS) is 11.4. The number of hydrogen-bond donors (Lipinski definition) is 1. The van der Waals surface area contributed by atoms with Crippen molar-refractivity contribution in [2.75, 3.05) is 13.2 Å². The van der Waals surface area contributed by atoms with E-state index in [1.807, 2.05) is 30.3 Å². The van der Waals surface area contributed by atoms with Crippen LogP contribution in [0.2, 0.25) is 0 Å². The number of aliphatic hydroxyl groups is 1. The Bertz CT molecular complexity index is 496. The van der Waals surface area contributed by atoms with Crippen molar-refractivity contribution in [1.29, 1.82) is 0 Å². The van der Waals surface area contributed by atoms with Crippen molar-refractivity contribution in [3.63, 3.8) is 0 Å². The quantitative estimate of drug-likeness (QED) is 0.861. The highest BCUT2D eigenvalue weighted by molar-refractivity contribution is 5.51. The lowest BCUT2D eigenvalue weighted by Crippen LogP contribution is -2.33. The van der Waals surface area contributed by atoms with E-state index in [0.29, 0.717) is 30.9 Å². The minimum Gasteiger partial charge on any atom is -0.419 e. The van der Waals surface area contributed by atoms with Gasteiger partial charge in [0.15, 0.2) is 0 Å². The van der Waals surface area contributed by atoms with Crippen LogP contribution in [0.1, 0.15) is 19.7 Å². The topological polar surface area (TPSA) is 62.4 Å². The van der Waals surface area contributed by atoms with Gasteiger partial charge >= 0.3 is 0 Å². The second-order valence-electron chi connectivity index (χ2n) is 4.65. The summed E-state index contributed by atoms with van der Waals surface area (Å²) in [7, 11) is 0. The number of aromatic nitrogens is 2. The molecular weight excluding hydrogens is 242 g/mol. The second-order valence-corrected chi connectivity index (χ2v) is 4.65. The Morgan fingerprint density at radius 3 is 2.58 bits per heavy atom. The maximum atomic E-state index is 9.04. The van der Waals surface area contributed by atoms with Crippen LogP contribution in [0.25, 0.3) is 11.5 Å². The van der Waals surface area contributed by atoms with E-state index in [1.165, 1.54) is 0 Å². The molecule has 0 spiro atoms. The summed E-state index contributed by atoms with van der Waals surface area (Å²) in [6, 6.07) is 10.0. The second kappa shape index (κ2) is 6.45. The van der Waals surface area contributed by atoms with Crippen LogP contribution < -0.4 is 0 Å². The molecule has 0 radical (unpaired) electrons. The summed E-state index contributed by atoms with van der Waals surface area (Å²) in [5, 5.41) is 17.1. The Morgan fingerprint density at radius 1 is 1.21 bits per heavy atom. The van der Waals surface area contributed by atoms with Crippen LogP contribution in [-0.2, 0) is 6.54 Å². The largest absolute Gasteiger partial charge is 0.419 e. The zero-order chi connectivity index (χ0) is 13.7. The molecular formula is C14H19N3O2. The molecule has 0 saturated heterocycles. The Kier molecular flexibility index (Phi) is 4.65. The summed E-state index contributed by atoms with van der Waals surface area (Å²) < 4.78 is 5.65. The van der Waals surface area contributed by atoms with E-state index in [9.17, 15) is 0 Å². The van der Waals surface area contributed by atoms with E-state index in [2.05, 4.69) is 28.9 Å². The van der Waals surface area contributed by atoms with Crippen molar-refractivity contribution in [1.82, 2.24) is 15.1 Å². The summed E-state index contributed by atoms with van der Waals surface area (Å²) in [6.07, 6.45) is 0. The molecule has 0 amide bonds. The highest BCUT2D eigenvalue weighted by atomic mass is 16.4. The molecule has 0 aliphatic rings. The Balaban J connectivity index is 2.09. The van der Waals surface area contributed by atoms with Crippen LogP contribution in [-0.4, -0.2) is 39.4 Å². The zero-order valence-electron chi connectivity index (χ0n) is 11.3. The molecule has 0 fully saturated rings. The minimum atomic E-state index is 0.123. The Hall–Kier alpha value is -1.72. The van der Waals surface area contributed by atoms with Crippen LogP contribution >= 0.6 is 0 Å². The van der Waals surface area contributed by atoms with Gasteiger partial charge in [-0.15, -0.1) is 10.2 Å². The molecule has 5 heteroatoms. The fourth-order valence-electron chi connectivity index (χ4n) is 1.84. The molecule has 1 aromatic carbocycles. The van der Waals surface area contributed by atoms with E-state index < -0.39 is 0 Å². The molecule has 5 nitrogen and oxygen atoms in total. The van der Waals surface area contributed by atoms with Crippen LogP contribution in [0.5, 0.6) is 0 Å². The average Bonchev–Trinajstić information content (AvgIpc) is 2.88. The maximum Gasteiger partial charge on any atom is 0.247 e. The molecule has 2 rings (SSSR count). The molecule has 0 aliphatic heterocycles. The fourth-order valence-corrected chi connectivity index (χ4v) is 1.84. The number of rotatable bonds is 6. The molecule has 1 aromatic heterocycles. The zero-order valence-corrected chi connectivity index (χ0v) is 11.3. The molecule has 0 saturated carbocycles. The molecule has 1 N–H and O–H groups in total. The molecule has 2 aromatic rings. The van der Waals surface area contributed by atoms with Crippen molar-refractivity contribution in [3.8, 4) is 11.5 Å². The summed E-state index contributed by atoms with van der Waals surface area (Å²) in [5.41, 5.74) is 0.916. The summed E-state index contributed by atoms with van der Waals surface area (Å²) in [6.45, 7) is 5.42. The van der Waals surface area contributed by atoms with Gasteiger partial charge in [0.2, 0.25) is 11.8 Å². The highest BCUT2D eigenvalue weighted by Crippen LogP contribution is 2.18. The third-order valence-electron chi connectivity index (χ3n) is 2.94. The van der Waals surface area contributed by atoms with E-state index in [4.69, 9.17) is 9.52 Å². The lowest BCUT2D eigenvalue weighted by Gasteiger charge is -2.23. The van der Waals surface area contributed by atoms with Crippen LogP contribution in [0.15, 0.2) is 34.7 Å². The van der Waals surface area contributed by atoms with Crippen LogP contribution in [0.3, 0.4) is 0 Å². The smallest absolute Gasteiger partial charge is 0.247 e. The first-order valence-corrected chi connectivity index (χ1v) is 6.43. The maximum absolute atomic E-state index is 9.04. The SMILES string of the molecule is CC(C)N(CCO)Cc1nnc(-c2ccccc2)o1. The molecule has 1 heterocycles. The number of aliphatic hydroxyl groups excluding tert-OH is 1. The minimum absolute atomic E-state index is 0.123. The van der Waals surface area contributed by atoms with E-state index in [-0.39, 0.29) is 6.61 Å². The third-order valence-corrected chi connectivity index (χ3v) is 2.94. The van der Waals surface area contributed by atoms with E-state index in [0.717, 1.165) is 5.56 Å². The Labute approximate surface area is 112 Å². The van der Waals surface area contributed by atoms with Crippen molar-refractivity contribution in [3.05, 3.63) is 36.2 Å². The van der Waals surface area contributed by atoms with E-state index >= 15 is 0 Å². The van der Waals surface area contributed by atoms with Crippen LogP contribution in [0, 0.1) is 0 Å². The van der Waals surface area contributed by atoms with E-state index in [1.54, 1.807) is 0 Å². The predicted octanol–water partition coefficient (Wildman–Crippen LogP) is 1.94. The predicted molar refractivity (Wildman–Crippen MR) is 72.4 cm³/mol. The van der Waals surface area contributed by atoms with Crippen molar-refractivity contribution in [2.24, 2.45) is 0 Å². The van der Waals surface area contributed by atoms with Crippen molar-refractivity contribution in [2.45, 2.75) is 26.4 Å². The highest BCUT2D eigenvalue weighted by Gasteiger charge is 2.14. The van der Waals surface area contributed by atoms with Crippen molar-refractivity contribution < 1.29 is 9.52 Å². The van der Waals surface area contributed by atoms with Gasteiger partial charge in [0.05, 0.1) is 13.2 Å². The van der Waals surface area contributed by atoms with Gasteiger partial charge in [0.25, 0.3) is 0 Å². The van der Waals surface area contributed by atoms with Gasteiger partial charge in [0.1, 0.15) is 0 Å². The van der Waals surface area contributed by atoms with Gasteiger partial charge in [-0.05, 0) is 26.0 Å². The van der Waals surface area contributed by atoms with Gasteiger partial charge in [-0.3, -0.25) is 4.90 Å². The standard InChI is InChI=1S/C14H19N3O2/c1-11(2)17(8-9-18)10-13-15-16-14(19-13)12-6-4-3-5-7-12/h3-7,11,18H,8-10H2,1-2H3. The van der Waals surface area contributed by atoms with Crippen LogP contribution in [0.4, 0.5) is 0 Å². The van der Waals surface area contributed by atoms with Gasteiger partial charge < -0.3 is 9.52 Å². The number of hydrogen-bond acceptors (Lipinski definition) is 5. The number of benzene rings is 1. The molecule has 0 aliphatic carbocycles. The first kappa shape index (κ1) is 13.7. The molecule has 0 bridgehead atoms. The van der Waals surface area contributed by atoms with Gasteiger partial charge in [-0.2, -0.15) is 0 Å². The number of nitrogens with zero attached hydrogens (tertiary/aromatic N) is 3. The summed E-state index contributed by atoms with van der Waals surface area (Å²) in [5.74, 6) is 1.10. The fraction of sp³-hybridized carbons (Fsp3) is 0.429. The third kappa shape index (κ3) is 3.62. The van der Waals surface area contributed by atoms with Gasteiger partial charge in [-0.1, -0.05) is 18.2 Å². The van der Waals surface area contributed by atoms with Gasteiger partial charge in [0, 0.05) is 18.2 Å². The molecule has 0 unspecified atom stereocenters. The van der Waals surface area contributed by atoms with Crippen molar-refractivity contribution >= 4 is 0 Å². The first-order chi connectivity index (χ1) is 9.20. The lowest BCUT2D eigenvalue weighted by molar-refractivity contribution is 0.148. The lowest BCUT2D eigenvalue weighted by atomic mass is 10.2. The van der Waals surface area contributed by atoms with Gasteiger partial charge in [-0.25, -0.2) is 0 Å². The molecule has 19 heavy (non-hydrogen) atoms. The summed E-state index contributed by atoms with van der Waals surface area (Å²) >= 11 is 0. The molecule has 102 valence electrons. The Morgan fingerprint density at radius 2 is 1.95 bits per heavy atom. The monoisotopic (exact) mass is 261 g/mol. The molecule has 0 atom stereocenters. The summed E-state index contributed by atoms with van der Waals surface area (Å²) in [4.78, 5) is 2.09. The first-order valence-electron chi connectivity index (χ1n) is 6.43.